The number of hydrogen-bond donors (Lipinski definition) is 1. The first-order chi connectivity index (χ1) is 14.8. The number of sulfone groups is 2. The Morgan fingerprint density at radius 2 is 1.71 bits per heavy atom. The van der Waals surface area contributed by atoms with Gasteiger partial charge in [0, 0.05) is 6.04 Å². The van der Waals surface area contributed by atoms with Gasteiger partial charge in [0.05, 0.1) is 28.8 Å². The quantitative estimate of drug-likeness (QED) is 0.678. The maximum Gasteiger partial charge on any atom is 0.183 e. The molecule has 0 radical (unpaired) electrons. The van der Waals surface area contributed by atoms with Gasteiger partial charge >= 0.3 is 0 Å². The second kappa shape index (κ2) is 8.92. The maximum atomic E-state index is 13.4. The number of hydrogen-bond acceptors (Lipinski definition) is 6. The van der Waals surface area contributed by atoms with E-state index < -0.39 is 31.0 Å². The lowest BCUT2D eigenvalue weighted by molar-refractivity contribution is 0.414. The Balaban J connectivity index is 1.49. The Hall–Kier alpha value is -1.90. The van der Waals surface area contributed by atoms with E-state index in [-0.39, 0.29) is 16.4 Å². The molecule has 0 unspecified atom stereocenters. The maximum absolute atomic E-state index is 13.4. The van der Waals surface area contributed by atoms with Gasteiger partial charge in [0.25, 0.3) is 0 Å². The van der Waals surface area contributed by atoms with Crippen LogP contribution in [0.25, 0.3) is 0 Å². The molecule has 2 aromatic rings. The standard InChI is InChI=1S/C23H29NO5S2/c1-29-20-9-6-17(7-10-20)12-13-24-22-15-30(25,26)16-23(22)31(27,28)21-11-8-18-4-2-3-5-19(18)14-21/h6-11,14,22-24H,2-5,12-13,15-16H2,1H3/t22-,23-/m0/s1. The summed E-state index contributed by atoms with van der Waals surface area (Å²) in [5.41, 5.74) is 3.36. The molecule has 6 nitrogen and oxygen atoms in total. The van der Waals surface area contributed by atoms with Gasteiger partial charge in [0.15, 0.2) is 19.7 Å². The van der Waals surface area contributed by atoms with E-state index in [1.807, 2.05) is 30.3 Å². The summed E-state index contributed by atoms with van der Waals surface area (Å²) in [5, 5.41) is 2.25. The van der Waals surface area contributed by atoms with Crippen molar-refractivity contribution in [2.24, 2.45) is 0 Å². The summed E-state index contributed by atoms with van der Waals surface area (Å²) in [6.07, 6.45) is 4.71. The Labute approximate surface area is 184 Å². The summed E-state index contributed by atoms with van der Waals surface area (Å²) in [5.74, 6) is 0.298. The SMILES string of the molecule is COc1ccc(CCN[C@H]2CS(=O)(=O)C[C@@H]2S(=O)(=O)c2ccc3c(c2)CCCC3)cc1. The van der Waals surface area contributed by atoms with Crippen LogP contribution in [-0.2, 0) is 38.9 Å². The highest BCUT2D eigenvalue weighted by molar-refractivity contribution is 7.96. The fourth-order valence-corrected chi connectivity index (χ4v) is 9.33. The number of fused-ring (bicyclic) bond motifs is 1. The third-order valence-electron chi connectivity index (χ3n) is 6.33. The summed E-state index contributed by atoms with van der Waals surface area (Å²) in [6.45, 7) is 0.503. The molecule has 168 valence electrons. The van der Waals surface area contributed by atoms with Crippen LogP contribution in [0.1, 0.15) is 29.5 Å². The highest BCUT2D eigenvalue weighted by Crippen LogP contribution is 2.29. The minimum Gasteiger partial charge on any atom is -0.497 e. The molecule has 2 aromatic carbocycles. The first-order valence-corrected chi connectivity index (χ1v) is 14.1. The van der Waals surface area contributed by atoms with Crippen LogP contribution in [-0.4, -0.2) is 53.3 Å². The molecule has 2 atom stereocenters. The minimum absolute atomic E-state index is 0.148. The third-order valence-corrected chi connectivity index (χ3v) is 10.5. The molecule has 1 N–H and O–H groups in total. The molecule has 0 aromatic heterocycles. The first kappa shape index (κ1) is 22.3. The van der Waals surface area contributed by atoms with Crippen molar-refractivity contribution in [3.05, 3.63) is 59.2 Å². The molecule has 1 saturated heterocycles. The van der Waals surface area contributed by atoms with Gasteiger partial charge in [-0.1, -0.05) is 18.2 Å². The minimum atomic E-state index is -3.75. The van der Waals surface area contributed by atoms with E-state index in [9.17, 15) is 16.8 Å². The summed E-state index contributed by atoms with van der Waals surface area (Å²) < 4.78 is 56.7. The first-order valence-electron chi connectivity index (χ1n) is 10.7. The number of benzene rings is 2. The molecule has 1 fully saturated rings. The molecule has 0 spiro atoms. The van der Waals surface area contributed by atoms with Crippen molar-refractivity contribution in [2.75, 3.05) is 25.2 Å². The number of aryl methyl sites for hydroxylation is 2. The van der Waals surface area contributed by atoms with E-state index in [1.54, 1.807) is 19.2 Å². The second-order valence-electron chi connectivity index (χ2n) is 8.46. The molecule has 1 heterocycles. The highest BCUT2D eigenvalue weighted by atomic mass is 32.2. The van der Waals surface area contributed by atoms with Crippen molar-refractivity contribution in [1.82, 2.24) is 5.32 Å². The molecule has 0 amide bonds. The Morgan fingerprint density at radius 3 is 2.42 bits per heavy atom. The monoisotopic (exact) mass is 463 g/mol. The Bertz CT molecular complexity index is 1140. The summed E-state index contributed by atoms with van der Waals surface area (Å²) in [4.78, 5) is 0.247. The van der Waals surface area contributed by atoms with Crippen molar-refractivity contribution in [3.8, 4) is 5.75 Å². The predicted octanol–water partition coefficient (Wildman–Crippen LogP) is 2.35. The topological polar surface area (TPSA) is 89.5 Å². The van der Waals surface area contributed by atoms with Crippen LogP contribution in [0.15, 0.2) is 47.4 Å². The molecule has 1 aliphatic heterocycles. The molecule has 8 heteroatoms. The summed E-state index contributed by atoms with van der Waals surface area (Å²) >= 11 is 0. The number of ether oxygens (including phenoxy) is 1. The molecule has 4 rings (SSSR count). The Kier molecular flexibility index (Phi) is 6.42. The van der Waals surface area contributed by atoms with Crippen molar-refractivity contribution in [1.29, 1.82) is 0 Å². The van der Waals surface area contributed by atoms with Gasteiger partial charge in [-0.25, -0.2) is 16.8 Å². The van der Waals surface area contributed by atoms with Gasteiger partial charge in [-0.05, 0) is 79.6 Å². The molecule has 1 aliphatic carbocycles. The van der Waals surface area contributed by atoms with Crippen LogP contribution in [0.3, 0.4) is 0 Å². The molecule has 0 bridgehead atoms. The Morgan fingerprint density at radius 1 is 1.00 bits per heavy atom. The van der Waals surface area contributed by atoms with Crippen LogP contribution in [0.4, 0.5) is 0 Å². The van der Waals surface area contributed by atoms with Crippen LogP contribution in [0, 0.1) is 0 Å². The van der Waals surface area contributed by atoms with E-state index >= 15 is 0 Å². The smallest absolute Gasteiger partial charge is 0.183 e. The van der Waals surface area contributed by atoms with Crippen LogP contribution in [0.2, 0.25) is 0 Å². The van der Waals surface area contributed by atoms with Crippen molar-refractivity contribution in [2.45, 2.75) is 48.3 Å². The summed E-state index contributed by atoms with van der Waals surface area (Å²) in [6, 6.07) is 12.4. The number of nitrogens with one attached hydrogen (secondary N) is 1. The van der Waals surface area contributed by atoms with Crippen molar-refractivity contribution in [3.63, 3.8) is 0 Å². The van der Waals surface area contributed by atoms with Crippen molar-refractivity contribution >= 4 is 19.7 Å². The fraction of sp³-hybridized carbons (Fsp3) is 0.478. The predicted molar refractivity (Wildman–Crippen MR) is 121 cm³/mol. The lowest BCUT2D eigenvalue weighted by Gasteiger charge is -2.22. The molecule has 31 heavy (non-hydrogen) atoms. The lowest BCUT2D eigenvalue weighted by Crippen LogP contribution is -2.44. The van der Waals surface area contributed by atoms with E-state index in [0.717, 1.165) is 42.6 Å². The van der Waals surface area contributed by atoms with E-state index in [4.69, 9.17) is 4.74 Å². The van der Waals surface area contributed by atoms with Crippen LogP contribution in [0.5, 0.6) is 5.75 Å². The van der Waals surface area contributed by atoms with Gasteiger partial charge in [0.2, 0.25) is 0 Å². The number of rotatable bonds is 7. The lowest BCUT2D eigenvalue weighted by atomic mass is 9.92. The van der Waals surface area contributed by atoms with Crippen molar-refractivity contribution < 1.29 is 21.6 Å². The molecular formula is C23H29NO5S2. The van der Waals surface area contributed by atoms with E-state index in [2.05, 4.69) is 5.32 Å². The molecular weight excluding hydrogens is 434 g/mol. The largest absolute Gasteiger partial charge is 0.497 e. The zero-order valence-electron chi connectivity index (χ0n) is 17.7. The zero-order chi connectivity index (χ0) is 22.1. The average Bonchev–Trinajstić information content (AvgIpc) is 3.09. The van der Waals surface area contributed by atoms with E-state index in [0.29, 0.717) is 13.0 Å². The summed E-state index contributed by atoms with van der Waals surface area (Å²) in [7, 11) is -5.56. The van der Waals surface area contributed by atoms with Crippen LogP contribution >= 0.6 is 0 Å². The number of methoxy groups -OCH3 is 1. The highest BCUT2D eigenvalue weighted by Gasteiger charge is 2.45. The average molecular weight is 464 g/mol. The van der Waals surface area contributed by atoms with Gasteiger partial charge in [-0.15, -0.1) is 0 Å². The van der Waals surface area contributed by atoms with Gasteiger partial charge in [0.1, 0.15) is 5.75 Å². The van der Waals surface area contributed by atoms with Crippen LogP contribution < -0.4 is 10.1 Å². The van der Waals surface area contributed by atoms with E-state index in [1.165, 1.54) is 5.56 Å². The normalized spacial score (nSPS) is 22.7. The van der Waals surface area contributed by atoms with Gasteiger partial charge in [-0.3, -0.25) is 0 Å². The molecule has 2 aliphatic rings. The molecule has 0 saturated carbocycles. The van der Waals surface area contributed by atoms with Gasteiger partial charge < -0.3 is 10.1 Å². The second-order valence-corrected chi connectivity index (χ2v) is 12.8. The fourth-order valence-electron chi connectivity index (χ4n) is 4.57. The third kappa shape index (κ3) is 4.96. The zero-order valence-corrected chi connectivity index (χ0v) is 19.3. The van der Waals surface area contributed by atoms with Gasteiger partial charge in [-0.2, -0.15) is 0 Å².